The highest BCUT2D eigenvalue weighted by Crippen LogP contribution is 2.18. The Hall–Kier alpha value is -1.77. The monoisotopic (exact) mass is 188 g/mol. The molecule has 0 saturated heterocycles. The van der Waals surface area contributed by atoms with E-state index in [1.54, 1.807) is 0 Å². The van der Waals surface area contributed by atoms with Gasteiger partial charge in [-0.05, 0) is 31.2 Å². The fraction of sp³-hybridized carbons (Fsp3) is 0.182. The van der Waals surface area contributed by atoms with Gasteiger partial charge in [-0.25, -0.2) is 4.98 Å². The van der Waals surface area contributed by atoms with E-state index in [-0.39, 0.29) is 0 Å². The van der Waals surface area contributed by atoms with E-state index >= 15 is 0 Å². The van der Waals surface area contributed by atoms with E-state index in [0.29, 0.717) is 12.5 Å². The van der Waals surface area contributed by atoms with Gasteiger partial charge in [0.25, 0.3) is 0 Å². The molecule has 0 spiro atoms. The summed E-state index contributed by atoms with van der Waals surface area (Å²) in [5.74, 6) is 0.657. The van der Waals surface area contributed by atoms with Gasteiger partial charge in [0.05, 0.1) is 12.1 Å². The molecule has 0 aliphatic heterocycles. The minimum atomic E-state index is 0.632. The summed E-state index contributed by atoms with van der Waals surface area (Å²) >= 11 is 0. The molecule has 0 aliphatic carbocycles. The van der Waals surface area contributed by atoms with Gasteiger partial charge in [-0.15, -0.1) is 0 Å². The van der Waals surface area contributed by atoms with E-state index in [1.165, 1.54) is 0 Å². The highest BCUT2D eigenvalue weighted by Gasteiger charge is 1.98. The molecule has 0 fully saturated rings. The first-order valence-corrected chi connectivity index (χ1v) is 4.58. The molecule has 0 atom stereocenters. The minimum absolute atomic E-state index is 0.632. The molecular weight excluding hydrogens is 176 g/mol. The maximum absolute atomic E-state index is 5.66. The standard InChI is InChI=1S/C11H12N2O/c1-2-14-11-6-3-8-7-9(12)4-5-10(8)13-11/h3-7H,2,12H2,1H3. The minimum Gasteiger partial charge on any atom is -0.478 e. The number of rotatable bonds is 2. The Morgan fingerprint density at radius 3 is 2.93 bits per heavy atom. The molecule has 1 aromatic carbocycles. The molecule has 72 valence electrons. The second kappa shape index (κ2) is 3.54. The zero-order chi connectivity index (χ0) is 9.97. The largest absolute Gasteiger partial charge is 0.478 e. The van der Waals surface area contributed by atoms with Crippen LogP contribution in [0.2, 0.25) is 0 Å². The van der Waals surface area contributed by atoms with Crippen LogP contribution in [0.5, 0.6) is 5.88 Å². The van der Waals surface area contributed by atoms with Crippen LogP contribution >= 0.6 is 0 Å². The van der Waals surface area contributed by atoms with Gasteiger partial charge < -0.3 is 10.5 Å². The van der Waals surface area contributed by atoms with Gasteiger partial charge in [-0.2, -0.15) is 0 Å². The molecule has 2 rings (SSSR count). The summed E-state index contributed by atoms with van der Waals surface area (Å²) in [5, 5.41) is 1.04. The van der Waals surface area contributed by atoms with Crippen LogP contribution in [0.15, 0.2) is 30.3 Å². The molecule has 1 heterocycles. The third kappa shape index (κ3) is 1.62. The molecule has 14 heavy (non-hydrogen) atoms. The number of hydrogen-bond donors (Lipinski definition) is 1. The topological polar surface area (TPSA) is 48.1 Å². The fourth-order valence-electron chi connectivity index (χ4n) is 1.35. The molecule has 2 N–H and O–H groups in total. The molecular formula is C11H12N2O. The predicted octanol–water partition coefficient (Wildman–Crippen LogP) is 2.22. The van der Waals surface area contributed by atoms with Crippen LogP contribution in [0, 0.1) is 0 Å². The van der Waals surface area contributed by atoms with E-state index in [0.717, 1.165) is 16.6 Å². The van der Waals surface area contributed by atoms with Gasteiger partial charge in [0.2, 0.25) is 5.88 Å². The number of ether oxygens (including phenoxy) is 1. The maximum Gasteiger partial charge on any atom is 0.213 e. The van der Waals surface area contributed by atoms with E-state index in [2.05, 4.69) is 4.98 Å². The lowest BCUT2D eigenvalue weighted by Gasteiger charge is -2.03. The zero-order valence-corrected chi connectivity index (χ0v) is 8.03. The van der Waals surface area contributed by atoms with Gasteiger partial charge in [-0.3, -0.25) is 0 Å². The first-order valence-electron chi connectivity index (χ1n) is 4.58. The Morgan fingerprint density at radius 2 is 2.14 bits per heavy atom. The smallest absolute Gasteiger partial charge is 0.213 e. The fourth-order valence-corrected chi connectivity index (χ4v) is 1.35. The number of benzene rings is 1. The summed E-state index contributed by atoms with van der Waals surface area (Å²) < 4.78 is 5.30. The van der Waals surface area contributed by atoms with Gasteiger partial charge in [-0.1, -0.05) is 0 Å². The van der Waals surface area contributed by atoms with Crippen molar-refractivity contribution in [3.05, 3.63) is 30.3 Å². The summed E-state index contributed by atoms with van der Waals surface area (Å²) in [7, 11) is 0. The van der Waals surface area contributed by atoms with Crippen molar-refractivity contribution >= 4 is 16.6 Å². The first kappa shape index (κ1) is 8.81. The molecule has 0 unspecified atom stereocenters. The molecule has 1 aromatic heterocycles. The average Bonchev–Trinajstić information content (AvgIpc) is 2.19. The van der Waals surface area contributed by atoms with Crippen molar-refractivity contribution in [3.8, 4) is 5.88 Å². The van der Waals surface area contributed by atoms with Crippen molar-refractivity contribution in [1.29, 1.82) is 0 Å². The van der Waals surface area contributed by atoms with Crippen molar-refractivity contribution in [2.24, 2.45) is 0 Å². The van der Waals surface area contributed by atoms with E-state index in [9.17, 15) is 0 Å². The van der Waals surface area contributed by atoms with Crippen LogP contribution in [0.3, 0.4) is 0 Å². The lowest BCUT2D eigenvalue weighted by Crippen LogP contribution is -1.94. The highest BCUT2D eigenvalue weighted by atomic mass is 16.5. The van der Waals surface area contributed by atoms with Crippen molar-refractivity contribution in [1.82, 2.24) is 4.98 Å². The molecule has 3 nitrogen and oxygen atoms in total. The number of aromatic nitrogens is 1. The number of nitrogens with zero attached hydrogens (tertiary/aromatic N) is 1. The summed E-state index contributed by atoms with van der Waals surface area (Å²) in [6.07, 6.45) is 0. The number of fused-ring (bicyclic) bond motifs is 1. The highest BCUT2D eigenvalue weighted by molar-refractivity contribution is 5.82. The van der Waals surface area contributed by atoms with Crippen LogP contribution in [0.25, 0.3) is 10.9 Å². The van der Waals surface area contributed by atoms with Crippen molar-refractivity contribution in [2.75, 3.05) is 12.3 Å². The van der Waals surface area contributed by atoms with Crippen molar-refractivity contribution in [3.63, 3.8) is 0 Å². The lowest BCUT2D eigenvalue weighted by molar-refractivity contribution is 0.328. The molecule has 3 heteroatoms. The average molecular weight is 188 g/mol. The van der Waals surface area contributed by atoms with Crippen LogP contribution in [0.4, 0.5) is 5.69 Å². The predicted molar refractivity (Wildman–Crippen MR) is 57.3 cm³/mol. The second-order valence-electron chi connectivity index (χ2n) is 3.03. The van der Waals surface area contributed by atoms with E-state index in [1.807, 2.05) is 37.3 Å². The van der Waals surface area contributed by atoms with Gasteiger partial charge in [0, 0.05) is 17.1 Å². The number of nitrogens with two attached hydrogens (primary N) is 1. The Morgan fingerprint density at radius 1 is 1.29 bits per heavy atom. The summed E-state index contributed by atoms with van der Waals surface area (Å²) in [4.78, 5) is 4.33. The summed E-state index contributed by atoms with van der Waals surface area (Å²) in [5.41, 5.74) is 7.32. The van der Waals surface area contributed by atoms with Crippen molar-refractivity contribution < 1.29 is 4.74 Å². The third-order valence-corrected chi connectivity index (χ3v) is 1.98. The normalized spacial score (nSPS) is 10.4. The first-order chi connectivity index (χ1) is 6.79. The number of hydrogen-bond acceptors (Lipinski definition) is 3. The van der Waals surface area contributed by atoms with Crippen LogP contribution in [-0.4, -0.2) is 11.6 Å². The summed E-state index contributed by atoms with van der Waals surface area (Å²) in [6, 6.07) is 9.45. The van der Waals surface area contributed by atoms with E-state index in [4.69, 9.17) is 10.5 Å². The lowest BCUT2D eigenvalue weighted by atomic mass is 10.2. The molecule has 0 aliphatic rings. The Bertz CT molecular complexity index is 454. The van der Waals surface area contributed by atoms with E-state index < -0.39 is 0 Å². The Kier molecular flexibility index (Phi) is 2.23. The Balaban J connectivity index is 2.50. The molecule has 0 amide bonds. The Labute approximate surface area is 82.5 Å². The quantitative estimate of drug-likeness (QED) is 0.735. The molecule has 0 saturated carbocycles. The second-order valence-corrected chi connectivity index (χ2v) is 3.03. The van der Waals surface area contributed by atoms with Crippen LogP contribution in [-0.2, 0) is 0 Å². The van der Waals surface area contributed by atoms with Crippen LogP contribution in [0.1, 0.15) is 6.92 Å². The molecule has 0 radical (unpaired) electrons. The molecule has 2 aromatic rings. The zero-order valence-electron chi connectivity index (χ0n) is 8.03. The SMILES string of the molecule is CCOc1ccc2cc(N)ccc2n1. The number of anilines is 1. The third-order valence-electron chi connectivity index (χ3n) is 1.98. The van der Waals surface area contributed by atoms with Gasteiger partial charge >= 0.3 is 0 Å². The number of nitrogen functional groups attached to an aromatic ring is 1. The maximum atomic E-state index is 5.66. The van der Waals surface area contributed by atoms with Crippen LogP contribution < -0.4 is 10.5 Å². The number of pyridine rings is 1. The van der Waals surface area contributed by atoms with Crippen molar-refractivity contribution in [2.45, 2.75) is 6.92 Å². The molecule has 0 bridgehead atoms. The van der Waals surface area contributed by atoms with Gasteiger partial charge in [0.15, 0.2) is 0 Å². The summed E-state index contributed by atoms with van der Waals surface area (Å²) in [6.45, 7) is 2.57. The van der Waals surface area contributed by atoms with Gasteiger partial charge in [0.1, 0.15) is 0 Å².